The first kappa shape index (κ1) is 16.6. The summed E-state index contributed by atoms with van der Waals surface area (Å²) >= 11 is 0. The van der Waals surface area contributed by atoms with Crippen molar-refractivity contribution in [1.82, 2.24) is 10.6 Å². The molecule has 4 nitrogen and oxygen atoms in total. The van der Waals surface area contributed by atoms with Gasteiger partial charge in [-0.25, -0.2) is 0 Å². The molecular formula is C17H33N3O. The van der Waals surface area contributed by atoms with Gasteiger partial charge in [-0.15, -0.1) is 0 Å². The van der Waals surface area contributed by atoms with Crippen molar-refractivity contribution in [3.63, 3.8) is 0 Å². The second kappa shape index (κ2) is 10.0. The van der Waals surface area contributed by atoms with E-state index in [0.29, 0.717) is 12.1 Å². The topological polar surface area (TPSA) is 45.7 Å². The van der Waals surface area contributed by atoms with Gasteiger partial charge >= 0.3 is 0 Å². The molecule has 0 saturated heterocycles. The quantitative estimate of drug-likeness (QED) is 0.431. The SMILES string of the molecule is CCNC(=NCCCOC1CCCCC1)NC1CCCC1. The summed E-state index contributed by atoms with van der Waals surface area (Å²) in [5.74, 6) is 0.988. The molecule has 0 aromatic carbocycles. The molecule has 0 spiro atoms. The molecule has 0 bridgehead atoms. The summed E-state index contributed by atoms with van der Waals surface area (Å²) in [7, 11) is 0. The molecule has 0 atom stereocenters. The van der Waals surface area contributed by atoms with Gasteiger partial charge in [-0.1, -0.05) is 32.1 Å². The number of nitrogens with one attached hydrogen (secondary N) is 2. The van der Waals surface area contributed by atoms with Crippen molar-refractivity contribution >= 4 is 5.96 Å². The summed E-state index contributed by atoms with van der Waals surface area (Å²) in [5.41, 5.74) is 0. The molecular weight excluding hydrogens is 262 g/mol. The lowest BCUT2D eigenvalue weighted by atomic mass is 9.98. The Balaban J connectivity index is 1.59. The number of ether oxygens (including phenoxy) is 1. The fourth-order valence-corrected chi connectivity index (χ4v) is 3.32. The van der Waals surface area contributed by atoms with Crippen molar-refractivity contribution < 1.29 is 4.74 Å². The molecule has 0 aromatic rings. The molecule has 2 rings (SSSR count). The summed E-state index contributed by atoms with van der Waals surface area (Å²) in [5, 5.41) is 6.90. The molecule has 0 radical (unpaired) electrons. The Bertz CT molecular complexity index is 294. The third-order valence-corrected chi connectivity index (χ3v) is 4.52. The van der Waals surface area contributed by atoms with Gasteiger partial charge in [-0.2, -0.15) is 0 Å². The van der Waals surface area contributed by atoms with Crippen LogP contribution in [0.2, 0.25) is 0 Å². The Labute approximate surface area is 130 Å². The van der Waals surface area contributed by atoms with E-state index in [1.165, 1.54) is 57.8 Å². The van der Waals surface area contributed by atoms with Gasteiger partial charge in [0.25, 0.3) is 0 Å². The zero-order valence-corrected chi connectivity index (χ0v) is 13.7. The molecule has 2 aliphatic rings. The summed E-state index contributed by atoms with van der Waals surface area (Å²) in [4.78, 5) is 4.67. The van der Waals surface area contributed by atoms with Gasteiger partial charge in [0.1, 0.15) is 0 Å². The molecule has 2 aliphatic carbocycles. The Morgan fingerprint density at radius 3 is 2.48 bits per heavy atom. The molecule has 21 heavy (non-hydrogen) atoms. The monoisotopic (exact) mass is 295 g/mol. The van der Waals surface area contributed by atoms with Gasteiger partial charge in [0, 0.05) is 25.7 Å². The number of hydrogen-bond donors (Lipinski definition) is 2. The first-order valence-corrected chi connectivity index (χ1v) is 9.05. The highest BCUT2D eigenvalue weighted by molar-refractivity contribution is 5.80. The van der Waals surface area contributed by atoms with Gasteiger partial charge in [-0.05, 0) is 39.0 Å². The van der Waals surface area contributed by atoms with Crippen molar-refractivity contribution in [3.8, 4) is 0 Å². The molecule has 0 amide bonds. The number of aliphatic imine (C=N–C) groups is 1. The van der Waals surface area contributed by atoms with Gasteiger partial charge in [0.05, 0.1) is 6.10 Å². The summed E-state index contributed by atoms with van der Waals surface area (Å²) < 4.78 is 5.95. The minimum absolute atomic E-state index is 0.521. The average Bonchev–Trinajstić information content (AvgIpc) is 3.01. The van der Waals surface area contributed by atoms with Crippen LogP contribution in [0.4, 0.5) is 0 Å². The smallest absolute Gasteiger partial charge is 0.191 e. The van der Waals surface area contributed by atoms with Crippen LogP contribution in [0.1, 0.15) is 71.1 Å². The van der Waals surface area contributed by atoms with E-state index in [4.69, 9.17) is 4.74 Å². The van der Waals surface area contributed by atoms with Crippen LogP contribution in [0, 0.1) is 0 Å². The van der Waals surface area contributed by atoms with Crippen molar-refractivity contribution in [1.29, 1.82) is 0 Å². The minimum atomic E-state index is 0.521. The highest BCUT2D eigenvalue weighted by Crippen LogP contribution is 2.20. The fourth-order valence-electron chi connectivity index (χ4n) is 3.32. The van der Waals surface area contributed by atoms with E-state index in [2.05, 4.69) is 22.5 Å². The van der Waals surface area contributed by atoms with E-state index in [1.807, 2.05) is 0 Å². The summed E-state index contributed by atoms with van der Waals surface area (Å²) in [6, 6.07) is 0.626. The summed E-state index contributed by atoms with van der Waals surface area (Å²) in [6.45, 7) is 4.76. The molecule has 0 heterocycles. The highest BCUT2D eigenvalue weighted by atomic mass is 16.5. The molecule has 122 valence electrons. The minimum Gasteiger partial charge on any atom is -0.378 e. The standard InChI is InChI=1S/C17H33N3O/c1-2-18-17(20-15-9-6-7-10-15)19-13-8-14-21-16-11-4-3-5-12-16/h15-16H,2-14H2,1H3,(H2,18,19,20). The van der Waals surface area contributed by atoms with Gasteiger partial charge in [0.15, 0.2) is 5.96 Å². The van der Waals surface area contributed by atoms with Crippen molar-refractivity contribution in [2.75, 3.05) is 19.7 Å². The Morgan fingerprint density at radius 2 is 1.76 bits per heavy atom. The molecule has 2 N–H and O–H groups in total. The van der Waals surface area contributed by atoms with Crippen LogP contribution in [0.3, 0.4) is 0 Å². The van der Waals surface area contributed by atoms with E-state index in [1.54, 1.807) is 0 Å². The zero-order chi connectivity index (χ0) is 14.8. The fraction of sp³-hybridized carbons (Fsp3) is 0.941. The Kier molecular flexibility index (Phi) is 7.94. The van der Waals surface area contributed by atoms with Crippen molar-refractivity contribution in [2.24, 2.45) is 4.99 Å². The second-order valence-electron chi connectivity index (χ2n) is 6.37. The third kappa shape index (κ3) is 6.68. The Morgan fingerprint density at radius 1 is 1.05 bits per heavy atom. The first-order chi connectivity index (χ1) is 10.4. The van der Waals surface area contributed by atoms with E-state index in [9.17, 15) is 0 Å². The second-order valence-corrected chi connectivity index (χ2v) is 6.37. The van der Waals surface area contributed by atoms with Crippen LogP contribution in [0.5, 0.6) is 0 Å². The molecule has 0 aliphatic heterocycles. The molecule has 2 fully saturated rings. The molecule has 0 unspecified atom stereocenters. The van der Waals surface area contributed by atoms with Crippen LogP contribution in [-0.4, -0.2) is 37.8 Å². The van der Waals surface area contributed by atoms with Crippen molar-refractivity contribution in [3.05, 3.63) is 0 Å². The number of rotatable bonds is 7. The number of hydrogen-bond acceptors (Lipinski definition) is 2. The molecule has 0 aromatic heterocycles. The van der Waals surface area contributed by atoms with E-state index in [0.717, 1.165) is 32.1 Å². The van der Waals surface area contributed by atoms with Gasteiger partial charge < -0.3 is 15.4 Å². The van der Waals surface area contributed by atoms with E-state index in [-0.39, 0.29) is 0 Å². The maximum absolute atomic E-state index is 5.95. The van der Waals surface area contributed by atoms with Gasteiger partial charge in [0.2, 0.25) is 0 Å². The predicted molar refractivity (Wildman–Crippen MR) is 88.8 cm³/mol. The normalized spacial score (nSPS) is 21.7. The van der Waals surface area contributed by atoms with Crippen LogP contribution in [0.15, 0.2) is 4.99 Å². The lowest BCUT2D eigenvalue weighted by molar-refractivity contribution is 0.0281. The van der Waals surface area contributed by atoms with E-state index < -0.39 is 0 Å². The largest absolute Gasteiger partial charge is 0.378 e. The number of nitrogens with zero attached hydrogens (tertiary/aromatic N) is 1. The third-order valence-electron chi connectivity index (χ3n) is 4.52. The predicted octanol–water partition coefficient (Wildman–Crippen LogP) is 3.22. The maximum Gasteiger partial charge on any atom is 0.191 e. The average molecular weight is 295 g/mol. The highest BCUT2D eigenvalue weighted by Gasteiger charge is 2.16. The van der Waals surface area contributed by atoms with Gasteiger partial charge in [-0.3, -0.25) is 4.99 Å². The lowest BCUT2D eigenvalue weighted by Crippen LogP contribution is -2.42. The van der Waals surface area contributed by atoms with Crippen LogP contribution < -0.4 is 10.6 Å². The zero-order valence-electron chi connectivity index (χ0n) is 13.7. The lowest BCUT2D eigenvalue weighted by Gasteiger charge is -2.21. The Hall–Kier alpha value is -0.770. The summed E-state index contributed by atoms with van der Waals surface area (Å²) in [6.07, 6.45) is 13.4. The van der Waals surface area contributed by atoms with Crippen LogP contribution in [-0.2, 0) is 4.74 Å². The van der Waals surface area contributed by atoms with Crippen LogP contribution in [0.25, 0.3) is 0 Å². The molecule has 4 heteroatoms. The maximum atomic E-state index is 5.95. The first-order valence-electron chi connectivity index (χ1n) is 9.05. The van der Waals surface area contributed by atoms with Crippen molar-refractivity contribution in [2.45, 2.75) is 83.3 Å². The molecule has 2 saturated carbocycles. The van der Waals surface area contributed by atoms with E-state index >= 15 is 0 Å². The van der Waals surface area contributed by atoms with Crippen LogP contribution >= 0.6 is 0 Å². The number of guanidine groups is 1.